The molecule has 2 amide bonds. The first-order valence-electron chi connectivity index (χ1n) is 13.4. The minimum absolute atomic E-state index is 0.0720. The van der Waals surface area contributed by atoms with Crippen LogP contribution in [0.1, 0.15) is 51.7 Å². The van der Waals surface area contributed by atoms with Gasteiger partial charge in [0.1, 0.15) is 12.6 Å². The van der Waals surface area contributed by atoms with E-state index in [0.29, 0.717) is 17.3 Å². The molecule has 0 bridgehead atoms. The number of rotatable bonds is 12. The maximum absolute atomic E-state index is 13.9. The minimum Gasteiger partial charge on any atom is -0.354 e. The maximum Gasteiger partial charge on any atom is 0.264 e. The molecule has 7 nitrogen and oxygen atoms in total. The van der Waals surface area contributed by atoms with Gasteiger partial charge in [0, 0.05) is 18.1 Å². The molecule has 0 aliphatic heterocycles. The van der Waals surface area contributed by atoms with E-state index in [1.807, 2.05) is 26.0 Å². The van der Waals surface area contributed by atoms with Crippen LogP contribution in [0.4, 0.5) is 5.69 Å². The van der Waals surface area contributed by atoms with Gasteiger partial charge in [-0.3, -0.25) is 13.9 Å². The van der Waals surface area contributed by atoms with E-state index in [4.69, 9.17) is 11.6 Å². The molecule has 1 atom stereocenters. The summed E-state index contributed by atoms with van der Waals surface area (Å²) in [6, 6.07) is 21.3. The second-order valence-electron chi connectivity index (χ2n) is 10.5. The van der Waals surface area contributed by atoms with Crippen LogP contribution in [0.25, 0.3) is 0 Å². The summed E-state index contributed by atoms with van der Waals surface area (Å²) in [5, 5.41) is 3.43. The van der Waals surface area contributed by atoms with E-state index in [1.165, 1.54) is 17.0 Å². The van der Waals surface area contributed by atoms with Crippen molar-refractivity contribution >= 4 is 39.1 Å². The van der Waals surface area contributed by atoms with Gasteiger partial charge in [0.25, 0.3) is 10.0 Å². The van der Waals surface area contributed by atoms with E-state index < -0.39 is 28.5 Å². The lowest BCUT2D eigenvalue weighted by molar-refractivity contribution is -0.139. The quantitative estimate of drug-likeness (QED) is 0.290. The smallest absolute Gasteiger partial charge is 0.264 e. The van der Waals surface area contributed by atoms with Crippen LogP contribution in [0.15, 0.2) is 83.8 Å². The van der Waals surface area contributed by atoms with Gasteiger partial charge in [-0.25, -0.2) is 8.42 Å². The lowest BCUT2D eigenvalue weighted by atomic mass is 10.0. The Morgan fingerprint density at radius 3 is 2.00 bits per heavy atom. The van der Waals surface area contributed by atoms with Crippen molar-refractivity contribution < 1.29 is 18.0 Å². The fourth-order valence-corrected chi connectivity index (χ4v) is 5.66. The highest BCUT2D eigenvalue weighted by atomic mass is 35.5. The lowest BCUT2D eigenvalue weighted by Gasteiger charge is -2.32. The Balaban J connectivity index is 2.01. The Bertz CT molecular complexity index is 1380. The van der Waals surface area contributed by atoms with E-state index >= 15 is 0 Å². The zero-order chi connectivity index (χ0) is 29.4. The number of carbonyl (C=O) groups excluding carboxylic acids is 2. The number of benzene rings is 3. The number of hydrogen-bond donors (Lipinski definition) is 1. The van der Waals surface area contributed by atoms with Gasteiger partial charge in [-0.1, -0.05) is 81.8 Å². The Morgan fingerprint density at radius 1 is 0.850 bits per heavy atom. The number of hydrogen-bond acceptors (Lipinski definition) is 4. The standard InChI is InChI=1S/C31H38ClN3O4S/c1-22(2)19-33-31(37)24(5)34(20-25-11-15-27(32)16-12-25)30(36)21-35(28-17-13-26(14-18-28)23(3)4)40(38,39)29-9-7-6-8-10-29/h6-18,22-24H,19-21H2,1-5H3,(H,33,37). The van der Waals surface area contributed by atoms with Crippen LogP contribution >= 0.6 is 11.6 Å². The van der Waals surface area contributed by atoms with Gasteiger partial charge < -0.3 is 10.2 Å². The first-order chi connectivity index (χ1) is 18.9. The third kappa shape index (κ3) is 8.08. The number of nitrogens with one attached hydrogen (secondary N) is 1. The number of halogens is 1. The summed E-state index contributed by atoms with van der Waals surface area (Å²) in [6.07, 6.45) is 0. The molecule has 214 valence electrons. The summed E-state index contributed by atoms with van der Waals surface area (Å²) >= 11 is 6.05. The highest BCUT2D eigenvalue weighted by Crippen LogP contribution is 2.26. The van der Waals surface area contributed by atoms with E-state index in [-0.39, 0.29) is 29.2 Å². The Kier molecular flexibility index (Phi) is 10.8. The van der Waals surface area contributed by atoms with Gasteiger partial charge >= 0.3 is 0 Å². The van der Waals surface area contributed by atoms with Crippen molar-refractivity contribution in [2.24, 2.45) is 5.92 Å². The molecular weight excluding hydrogens is 546 g/mol. The van der Waals surface area contributed by atoms with E-state index in [9.17, 15) is 18.0 Å². The molecule has 0 aliphatic carbocycles. The number of carbonyl (C=O) groups is 2. The molecule has 3 aromatic rings. The molecule has 1 unspecified atom stereocenters. The third-order valence-electron chi connectivity index (χ3n) is 6.58. The average Bonchev–Trinajstić information content (AvgIpc) is 2.94. The molecular formula is C31H38ClN3O4S. The van der Waals surface area contributed by atoms with Crippen molar-refractivity contribution in [3.63, 3.8) is 0 Å². The molecule has 0 heterocycles. The Labute approximate surface area is 243 Å². The third-order valence-corrected chi connectivity index (χ3v) is 8.62. The zero-order valence-corrected chi connectivity index (χ0v) is 25.2. The van der Waals surface area contributed by atoms with Crippen LogP contribution in [0, 0.1) is 5.92 Å². The normalized spacial score (nSPS) is 12.3. The summed E-state index contributed by atoms with van der Waals surface area (Å²) in [7, 11) is -4.09. The van der Waals surface area contributed by atoms with Crippen LogP contribution in [-0.2, 0) is 26.2 Å². The van der Waals surface area contributed by atoms with Crippen LogP contribution in [0.3, 0.4) is 0 Å². The molecule has 3 aromatic carbocycles. The summed E-state index contributed by atoms with van der Waals surface area (Å²) in [5.41, 5.74) is 2.18. The van der Waals surface area contributed by atoms with Gasteiger partial charge in [0.05, 0.1) is 10.6 Å². The van der Waals surface area contributed by atoms with Crippen LogP contribution in [-0.4, -0.2) is 44.3 Å². The Morgan fingerprint density at radius 2 is 1.45 bits per heavy atom. The number of sulfonamides is 1. The lowest BCUT2D eigenvalue weighted by Crippen LogP contribution is -2.51. The summed E-state index contributed by atoms with van der Waals surface area (Å²) in [5.74, 6) is -0.323. The van der Waals surface area contributed by atoms with Crippen molar-refractivity contribution in [3.8, 4) is 0 Å². The Hall–Kier alpha value is -3.36. The van der Waals surface area contributed by atoms with Crippen molar-refractivity contribution in [2.75, 3.05) is 17.4 Å². The topological polar surface area (TPSA) is 86.8 Å². The molecule has 0 saturated carbocycles. The first-order valence-corrected chi connectivity index (χ1v) is 15.2. The largest absolute Gasteiger partial charge is 0.354 e. The van der Waals surface area contributed by atoms with E-state index in [2.05, 4.69) is 19.2 Å². The van der Waals surface area contributed by atoms with E-state index in [1.54, 1.807) is 61.5 Å². The SMILES string of the molecule is CC(C)CNC(=O)C(C)N(Cc1ccc(Cl)cc1)C(=O)CN(c1ccc(C(C)C)cc1)S(=O)(=O)c1ccccc1. The van der Waals surface area contributed by atoms with Crippen molar-refractivity contribution in [1.29, 1.82) is 0 Å². The van der Waals surface area contributed by atoms with Crippen molar-refractivity contribution in [1.82, 2.24) is 10.2 Å². The predicted molar refractivity (Wildman–Crippen MR) is 161 cm³/mol. The first kappa shape index (κ1) is 31.2. The van der Waals surface area contributed by atoms with Gasteiger partial charge in [0.2, 0.25) is 11.8 Å². The molecule has 1 N–H and O–H groups in total. The summed E-state index contributed by atoms with van der Waals surface area (Å²) in [6.45, 7) is 9.82. The molecule has 9 heteroatoms. The van der Waals surface area contributed by atoms with Gasteiger partial charge in [0.15, 0.2) is 0 Å². The molecule has 0 fully saturated rings. The van der Waals surface area contributed by atoms with Gasteiger partial charge in [-0.15, -0.1) is 0 Å². The fourth-order valence-electron chi connectivity index (χ4n) is 4.10. The van der Waals surface area contributed by atoms with Gasteiger partial charge in [-0.2, -0.15) is 0 Å². The van der Waals surface area contributed by atoms with Crippen LogP contribution in [0.2, 0.25) is 5.02 Å². The monoisotopic (exact) mass is 583 g/mol. The molecule has 0 saturated heterocycles. The molecule has 0 aromatic heterocycles. The highest BCUT2D eigenvalue weighted by Gasteiger charge is 2.32. The molecule has 0 aliphatic rings. The predicted octanol–water partition coefficient (Wildman–Crippen LogP) is 5.85. The number of nitrogens with zero attached hydrogens (tertiary/aromatic N) is 2. The second kappa shape index (κ2) is 13.8. The fraction of sp³-hybridized carbons (Fsp3) is 0.355. The minimum atomic E-state index is -4.09. The summed E-state index contributed by atoms with van der Waals surface area (Å²) < 4.78 is 28.8. The zero-order valence-electron chi connectivity index (χ0n) is 23.7. The van der Waals surface area contributed by atoms with Crippen LogP contribution in [0.5, 0.6) is 0 Å². The molecule has 0 radical (unpaired) electrons. The van der Waals surface area contributed by atoms with Gasteiger partial charge in [-0.05, 0) is 66.3 Å². The average molecular weight is 584 g/mol. The number of amides is 2. The maximum atomic E-state index is 13.9. The molecule has 0 spiro atoms. The van der Waals surface area contributed by atoms with Crippen molar-refractivity contribution in [2.45, 2.75) is 58.0 Å². The highest BCUT2D eigenvalue weighted by molar-refractivity contribution is 7.92. The van der Waals surface area contributed by atoms with Crippen LogP contribution < -0.4 is 9.62 Å². The summed E-state index contributed by atoms with van der Waals surface area (Å²) in [4.78, 5) is 28.5. The molecule has 3 rings (SSSR count). The second-order valence-corrected chi connectivity index (χ2v) is 12.8. The van der Waals surface area contributed by atoms with E-state index in [0.717, 1.165) is 15.4 Å². The number of anilines is 1. The van der Waals surface area contributed by atoms with Crippen molar-refractivity contribution in [3.05, 3.63) is 95.0 Å². The molecule has 40 heavy (non-hydrogen) atoms.